The van der Waals surface area contributed by atoms with E-state index in [4.69, 9.17) is 11.6 Å². The fourth-order valence-corrected chi connectivity index (χ4v) is 2.17. The predicted molar refractivity (Wildman–Crippen MR) is 70.1 cm³/mol. The highest BCUT2D eigenvalue weighted by Gasteiger charge is 2.15. The molecule has 1 atom stereocenters. The lowest BCUT2D eigenvalue weighted by Crippen LogP contribution is -2.21. The second-order valence-electron chi connectivity index (χ2n) is 4.21. The van der Waals surface area contributed by atoms with Crippen molar-refractivity contribution in [3.63, 3.8) is 0 Å². The van der Waals surface area contributed by atoms with Gasteiger partial charge in [-0.3, -0.25) is 0 Å². The summed E-state index contributed by atoms with van der Waals surface area (Å²) in [6, 6.07) is 4.62. The third-order valence-electron chi connectivity index (χ3n) is 2.99. The van der Waals surface area contributed by atoms with Gasteiger partial charge in [0.15, 0.2) is 0 Å². The number of halogens is 2. The zero-order valence-corrected chi connectivity index (χ0v) is 11.1. The molecule has 0 aliphatic heterocycles. The van der Waals surface area contributed by atoms with Gasteiger partial charge >= 0.3 is 0 Å². The number of hydrogen-bond acceptors (Lipinski definition) is 2. The minimum absolute atomic E-state index is 0.00506. The van der Waals surface area contributed by atoms with Crippen LogP contribution in [0.2, 0.25) is 5.02 Å². The van der Waals surface area contributed by atoms with Crippen LogP contribution in [0.1, 0.15) is 17.3 Å². The molecule has 0 radical (unpaired) electrons. The summed E-state index contributed by atoms with van der Waals surface area (Å²) >= 11 is 5.90. The average molecular weight is 268 g/mol. The number of nitrogens with one attached hydrogen (secondary N) is 1. The van der Waals surface area contributed by atoms with Crippen molar-refractivity contribution in [3.05, 3.63) is 52.8 Å². The van der Waals surface area contributed by atoms with Gasteiger partial charge in [0.2, 0.25) is 0 Å². The van der Waals surface area contributed by atoms with E-state index in [9.17, 15) is 4.39 Å². The van der Waals surface area contributed by atoms with Crippen molar-refractivity contribution in [1.82, 2.24) is 14.9 Å². The smallest absolute Gasteiger partial charge is 0.126 e. The number of aromatic nitrogens is 2. The van der Waals surface area contributed by atoms with Crippen molar-refractivity contribution < 1.29 is 4.39 Å². The lowest BCUT2D eigenvalue weighted by molar-refractivity contribution is 0.531. The van der Waals surface area contributed by atoms with Crippen molar-refractivity contribution in [2.24, 2.45) is 7.05 Å². The van der Waals surface area contributed by atoms with E-state index in [0.29, 0.717) is 17.0 Å². The molecule has 0 saturated carbocycles. The van der Waals surface area contributed by atoms with Crippen molar-refractivity contribution in [2.45, 2.75) is 12.5 Å². The van der Waals surface area contributed by atoms with Gasteiger partial charge in [0, 0.05) is 18.3 Å². The standard InChI is InChI=1S/C13H15ClFN3/c1-16-12(13-7-17-8-18(13)2)6-9-5-10(14)3-4-11(9)15/h3-5,7-8,12,16H,6H2,1-2H3. The van der Waals surface area contributed by atoms with E-state index in [-0.39, 0.29) is 11.9 Å². The van der Waals surface area contributed by atoms with Crippen molar-refractivity contribution >= 4 is 11.6 Å². The monoisotopic (exact) mass is 267 g/mol. The molecular formula is C13H15ClFN3. The zero-order valence-electron chi connectivity index (χ0n) is 10.3. The number of nitrogens with zero attached hydrogens (tertiary/aromatic N) is 2. The van der Waals surface area contributed by atoms with Crippen LogP contribution in [0.4, 0.5) is 4.39 Å². The quantitative estimate of drug-likeness (QED) is 0.923. The third kappa shape index (κ3) is 2.71. The first-order chi connectivity index (χ1) is 8.61. The highest BCUT2D eigenvalue weighted by molar-refractivity contribution is 6.30. The van der Waals surface area contributed by atoms with Gasteiger partial charge in [-0.2, -0.15) is 0 Å². The van der Waals surface area contributed by atoms with Crippen molar-refractivity contribution in [2.75, 3.05) is 7.05 Å². The average Bonchev–Trinajstić information content (AvgIpc) is 2.77. The number of hydrogen-bond donors (Lipinski definition) is 1. The molecule has 3 nitrogen and oxygen atoms in total. The Balaban J connectivity index is 2.26. The van der Waals surface area contributed by atoms with E-state index in [1.165, 1.54) is 6.07 Å². The molecule has 0 spiro atoms. The van der Waals surface area contributed by atoms with Crippen LogP contribution in [0.15, 0.2) is 30.7 Å². The summed E-state index contributed by atoms with van der Waals surface area (Å²) in [5.74, 6) is -0.234. The Morgan fingerprint density at radius 2 is 2.28 bits per heavy atom. The van der Waals surface area contributed by atoms with Crippen molar-refractivity contribution in [1.29, 1.82) is 0 Å². The normalized spacial score (nSPS) is 12.7. The van der Waals surface area contributed by atoms with E-state index in [0.717, 1.165) is 5.69 Å². The summed E-state index contributed by atoms with van der Waals surface area (Å²) in [6.07, 6.45) is 4.04. The topological polar surface area (TPSA) is 29.9 Å². The highest BCUT2D eigenvalue weighted by atomic mass is 35.5. The molecule has 1 N–H and O–H groups in total. The summed E-state index contributed by atoms with van der Waals surface area (Å²) in [6.45, 7) is 0. The molecule has 5 heteroatoms. The minimum Gasteiger partial charge on any atom is -0.336 e. The van der Waals surface area contributed by atoms with Crippen LogP contribution in [0.5, 0.6) is 0 Å². The molecule has 18 heavy (non-hydrogen) atoms. The maximum absolute atomic E-state index is 13.7. The second-order valence-corrected chi connectivity index (χ2v) is 4.65. The number of likely N-dealkylation sites (N-methyl/N-ethyl adjacent to an activating group) is 1. The lowest BCUT2D eigenvalue weighted by atomic mass is 10.0. The molecule has 1 aromatic carbocycles. The molecule has 2 rings (SSSR count). The Kier molecular flexibility index (Phi) is 3.99. The van der Waals surface area contributed by atoms with Gasteiger partial charge in [-0.1, -0.05) is 11.6 Å². The molecule has 1 unspecified atom stereocenters. The number of aryl methyl sites for hydroxylation is 1. The lowest BCUT2D eigenvalue weighted by Gasteiger charge is -2.17. The van der Waals surface area contributed by atoms with Gasteiger partial charge in [-0.25, -0.2) is 9.37 Å². The summed E-state index contributed by atoms with van der Waals surface area (Å²) in [5, 5.41) is 3.72. The van der Waals surface area contributed by atoms with Gasteiger partial charge < -0.3 is 9.88 Å². The maximum atomic E-state index is 13.7. The summed E-state index contributed by atoms with van der Waals surface area (Å²) in [4.78, 5) is 4.08. The molecule has 0 bridgehead atoms. The second kappa shape index (κ2) is 5.50. The van der Waals surface area contributed by atoms with E-state index in [1.54, 1.807) is 24.7 Å². The summed E-state index contributed by atoms with van der Waals surface area (Å²) < 4.78 is 15.6. The first kappa shape index (κ1) is 13.1. The Bertz CT molecular complexity index is 539. The van der Waals surface area contributed by atoms with Gasteiger partial charge in [0.1, 0.15) is 5.82 Å². The maximum Gasteiger partial charge on any atom is 0.126 e. The van der Waals surface area contributed by atoms with Gasteiger partial charge in [0.25, 0.3) is 0 Å². The van der Waals surface area contributed by atoms with Gasteiger partial charge in [0.05, 0.1) is 18.1 Å². The van der Waals surface area contributed by atoms with Crippen LogP contribution in [-0.2, 0) is 13.5 Å². The molecule has 0 saturated heterocycles. The van der Waals surface area contributed by atoms with Gasteiger partial charge in [-0.05, 0) is 37.2 Å². The predicted octanol–water partition coefficient (Wildman–Crippen LogP) is 2.72. The summed E-state index contributed by atoms with van der Waals surface area (Å²) in [5.41, 5.74) is 1.61. The zero-order chi connectivity index (χ0) is 13.1. The minimum atomic E-state index is -0.234. The number of imidazole rings is 1. The number of benzene rings is 1. The molecule has 0 aliphatic carbocycles. The molecule has 1 aromatic heterocycles. The fraction of sp³-hybridized carbons (Fsp3) is 0.308. The van der Waals surface area contributed by atoms with Crippen LogP contribution in [0, 0.1) is 5.82 Å². The molecule has 0 amide bonds. The molecule has 0 fully saturated rings. The van der Waals surface area contributed by atoms with Crippen molar-refractivity contribution in [3.8, 4) is 0 Å². The van der Waals surface area contributed by atoms with Crippen LogP contribution in [-0.4, -0.2) is 16.6 Å². The van der Waals surface area contributed by atoms with Gasteiger partial charge in [-0.15, -0.1) is 0 Å². The van der Waals surface area contributed by atoms with E-state index < -0.39 is 0 Å². The Morgan fingerprint density at radius 3 is 2.89 bits per heavy atom. The third-order valence-corrected chi connectivity index (χ3v) is 3.23. The molecule has 1 heterocycles. The molecule has 0 aliphatic rings. The largest absolute Gasteiger partial charge is 0.336 e. The summed E-state index contributed by atoms with van der Waals surface area (Å²) in [7, 11) is 3.77. The molecule has 96 valence electrons. The highest BCUT2D eigenvalue weighted by Crippen LogP contribution is 2.22. The van der Waals surface area contributed by atoms with E-state index in [2.05, 4.69) is 10.3 Å². The SMILES string of the molecule is CNC(Cc1cc(Cl)ccc1F)c1cncn1C. The van der Waals surface area contributed by atoms with E-state index >= 15 is 0 Å². The number of rotatable bonds is 4. The Labute approximate surface area is 111 Å². The Hall–Kier alpha value is -1.39. The van der Waals surface area contributed by atoms with Crippen LogP contribution in [0.25, 0.3) is 0 Å². The fourth-order valence-electron chi connectivity index (χ4n) is 1.98. The molecule has 2 aromatic rings. The van der Waals surface area contributed by atoms with Crippen LogP contribution >= 0.6 is 11.6 Å². The Morgan fingerprint density at radius 1 is 1.50 bits per heavy atom. The van der Waals surface area contributed by atoms with E-state index in [1.807, 2.05) is 18.7 Å². The van der Waals surface area contributed by atoms with Crippen LogP contribution < -0.4 is 5.32 Å². The molecular weight excluding hydrogens is 253 g/mol. The van der Waals surface area contributed by atoms with Crippen LogP contribution in [0.3, 0.4) is 0 Å². The first-order valence-corrected chi connectivity index (χ1v) is 6.07. The first-order valence-electron chi connectivity index (χ1n) is 5.69.